The maximum Gasteiger partial charge on any atom is 0.344 e. The molecule has 3 rings (SSSR count). The third-order valence-corrected chi connectivity index (χ3v) is 3.90. The molecular formula is C20H17N3O5. The minimum absolute atomic E-state index is 0.171. The van der Waals surface area contributed by atoms with Crippen LogP contribution < -0.4 is 11.1 Å². The molecule has 0 spiro atoms. The molecule has 0 fully saturated rings. The minimum atomic E-state index is -0.711. The largest absolute Gasteiger partial charge is 0.452 e. The van der Waals surface area contributed by atoms with E-state index in [9.17, 15) is 14.4 Å². The number of carbonyl (C=O) groups excluding carboxylic acids is 3. The number of nitrogens with one attached hydrogen (secondary N) is 1. The molecule has 28 heavy (non-hydrogen) atoms. The number of aryl methyl sites for hydroxylation is 1. The summed E-state index contributed by atoms with van der Waals surface area (Å²) in [5.74, 6) is -1.51. The van der Waals surface area contributed by atoms with Crippen molar-refractivity contribution >= 4 is 23.5 Å². The molecule has 3 N–H and O–H groups in total. The number of ether oxygens (including phenoxy) is 1. The van der Waals surface area contributed by atoms with E-state index in [1.165, 1.54) is 24.3 Å². The van der Waals surface area contributed by atoms with Gasteiger partial charge < -0.3 is 20.3 Å². The molecule has 0 unspecified atom stereocenters. The van der Waals surface area contributed by atoms with Crippen molar-refractivity contribution in [2.24, 2.45) is 5.73 Å². The number of nitrogens with zero attached hydrogens (tertiary/aromatic N) is 1. The number of benzene rings is 2. The van der Waals surface area contributed by atoms with Gasteiger partial charge in [0, 0.05) is 16.8 Å². The lowest BCUT2D eigenvalue weighted by atomic mass is 10.1. The highest BCUT2D eigenvalue weighted by Gasteiger charge is 2.23. The van der Waals surface area contributed by atoms with Crippen LogP contribution >= 0.6 is 0 Å². The normalized spacial score (nSPS) is 10.3. The molecule has 0 aliphatic heterocycles. The first-order valence-electron chi connectivity index (χ1n) is 8.34. The van der Waals surface area contributed by atoms with E-state index < -0.39 is 24.4 Å². The number of hydrogen-bond acceptors (Lipinski definition) is 6. The summed E-state index contributed by atoms with van der Waals surface area (Å²) in [7, 11) is 0. The van der Waals surface area contributed by atoms with E-state index in [1.54, 1.807) is 19.1 Å². The van der Waals surface area contributed by atoms with E-state index in [4.69, 9.17) is 15.0 Å². The zero-order chi connectivity index (χ0) is 20.1. The number of primary amides is 1. The molecule has 2 aromatic carbocycles. The molecule has 0 aliphatic rings. The second kappa shape index (κ2) is 8.17. The van der Waals surface area contributed by atoms with Gasteiger partial charge in [-0.05, 0) is 31.2 Å². The quantitative estimate of drug-likeness (QED) is 0.634. The van der Waals surface area contributed by atoms with Crippen LogP contribution in [0.2, 0.25) is 0 Å². The minimum Gasteiger partial charge on any atom is -0.452 e. The Morgan fingerprint density at radius 3 is 2.39 bits per heavy atom. The van der Waals surface area contributed by atoms with Crippen LogP contribution in [0.25, 0.3) is 11.3 Å². The summed E-state index contributed by atoms with van der Waals surface area (Å²) in [6.07, 6.45) is 0. The number of aromatic nitrogens is 1. The van der Waals surface area contributed by atoms with Gasteiger partial charge in [-0.25, -0.2) is 4.79 Å². The molecule has 0 radical (unpaired) electrons. The molecule has 142 valence electrons. The van der Waals surface area contributed by atoms with Gasteiger partial charge in [-0.3, -0.25) is 9.59 Å². The molecule has 0 bridgehead atoms. The van der Waals surface area contributed by atoms with Crippen molar-refractivity contribution in [2.75, 3.05) is 11.9 Å². The summed E-state index contributed by atoms with van der Waals surface area (Å²) in [5.41, 5.74) is 7.15. The molecular weight excluding hydrogens is 362 g/mol. The summed E-state index contributed by atoms with van der Waals surface area (Å²) in [4.78, 5) is 35.5. The Kier molecular flexibility index (Phi) is 5.50. The number of nitrogens with two attached hydrogens (primary N) is 1. The van der Waals surface area contributed by atoms with Gasteiger partial charge in [0.15, 0.2) is 6.61 Å². The SMILES string of the molecule is Cc1onc(-c2ccccc2)c1C(=O)OCC(=O)Nc1ccc(C(N)=O)cc1. The zero-order valence-corrected chi connectivity index (χ0v) is 15.0. The van der Waals surface area contributed by atoms with Crippen LogP contribution in [0.4, 0.5) is 5.69 Å². The molecule has 8 nitrogen and oxygen atoms in total. The Labute approximate surface area is 160 Å². The Morgan fingerprint density at radius 2 is 1.75 bits per heavy atom. The summed E-state index contributed by atoms with van der Waals surface area (Å²) in [6.45, 7) is 1.10. The van der Waals surface area contributed by atoms with Crippen molar-refractivity contribution in [3.05, 3.63) is 71.5 Å². The molecule has 3 aromatic rings. The average Bonchev–Trinajstić information content (AvgIpc) is 3.09. The third-order valence-electron chi connectivity index (χ3n) is 3.90. The highest BCUT2D eigenvalue weighted by Crippen LogP contribution is 2.25. The predicted octanol–water partition coefficient (Wildman–Crippen LogP) is 2.54. The van der Waals surface area contributed by atoms with Crippen LogP contribution in [-0.4, -0.2) is 29.5 Å². The van der Waals surface area contributed by atoms with Gasteiger partial charge in [-0.2, -0.15) is 0 Å². The fourth-order valence-electron chi connectivity index (χ4n) is 2.52. The van der Waals surface area contributed by atoms with Gasteiger partial charge in [0.25, 0.3) is 5.91 Å². The van der Waals surface area contributed by atoms with E-state index in [1.807, 2.05) is 18.2 Å². The Hall–Kier alpha value is -3.94. The highest BCUT2D eigenvalue weighted by molar-refractivity contribution is 5.99. The van der Waals surface area contributed by atoms with Crippen LogP contribution in [-0.2, 0) is 9.53 Å². The van der Waals surface area contributed by atoms with Gasteiger partial charge in [-0.15, -0.1) is 0 Å². The lowest BCUT2D eigenvalue weighted by Crippen LogP contribution is -2.21. The standard InChI is InChI=1S/C20H17N3O5/c1-12-17(18(23-28-12)13-5-3-2-4-6-13)20(26)27-11-16(24)22-15-9-7-14(8-10-15)19(21)25/h2-10H,11H2,1H3,(H2,21,25)(H,22,24). The predicted molar refractivity (Wildman–Crippen MR) is 101 cm³/mol. The monoisotopic (exact) mass is 379 g/mol. The smallest absolute Gasteiger partial charge is 0.344 e. The third kappa shape index (κ3) is 4.24. The Balaban J connectivity index is 1.64. The molecule has 0 saturated carbocycles. The van der Waals surface area contributed by atoms with Gasteiger partial charge in [0.1, 0.15) is 17.0 Å². The van der Waals surface area contributed by atoms with E-state index in [0.29, 0.717) is 28.3 Å². The lowest BCUT2D eigenvalue weighted by Gasteiger charge is -2.07. The van der Waals surface area contributed by atoms with Gasteiger partial charge >= 0.3 is 5.97 Å². The summed E-state index contributed by atoms with van der Waals surface area (Å²) >= 11 is 0. The Morgan fingerprint density at radius 1 is 1.07 bits per heavy atom. The first-order chi connectivity index (χ1) is 13.5. The van der Waals surface area contributed by atoms with Gasteiger partial charge in [-0.1, -0.05) is 35.5 Å². The van der Waals surface area contributed by atoms with Crippen LogP contribution in [0.5, 0.6) is 0 Å². The van der Waals surface area contributed by atoms with Gasteiger partial charge in [0.2, 0.25) is 5.91 Å². The van der Waals surface area contributed by atoms with Crippen molar-refractivity contribution in [1.29, 1.82) is 0 Å². The number of hydrogen-bond donors (Lipinski definition) is 2. The second-order valence-corrected chi connectivity index (χ2v) is 5.89. The van der Waals surface area contributed by atoms with Gasteiger partial charge in [0.05, 0.1) is 0 Å². The van der Waals surface area contributed by atoms with Crippen molar-refractivity contribution in [3.63, 3.8) is 0 Å². The molecule has 1 aromatic heterocycles. The number of carbonyl (C=O) groups is 3. The zero-order valence-electron chi connectivity index (χ0n) is 15.0. The van der Waals surface area contributed by atoms with E-state index in [-0.39, 0.29) is 5.56 Å². The molecule has 0 saturated heterocycles. The Bertz CT molecular complexity index is 1010. The molecule has 2 amide bonds. The second-order valence-electron chi connectivity index (χ2n) is 5.89. The fourth-order valence-corrected chi connectivity index (χ4v) is 2.52. The van der Waals surface area contributed by atoms with Crippen molar-refractivity contribution in [3.8, 4) is 11.3 Å². The maximum atomic E-state index is 12.4. The maximum absolute atomic E-state index is 12.4. The van der Waals surface area contributed by atoms with Crippen LogP contribution in [0.1, 0.15) is 26.5 Å². The summed E-state index contributed by atoms with van der Waals surface area (Å²) in [5, 5.41) is 6.47. The number of amides is 2. The first kappa shape index (κ1) is 18.8. The molecule has 0 aliphatic carbocycles. The number of anilines is 1. The molecule has 1 heterocycles. The van der Waals surface area contributed by atoms with Crippen LogP contribution in [0, 0.1) is 6.92 Å². The van der Waals surface area contributed by atoms with Crippen LogP contribution in [0.3, 0.4) is 0 Å². The lowest BCUT2D eigenvalue weighted by molar-refractivity contribution is -0.119. The molecule has 0 atom stereocenters. The number of rotatable bonds is 6. The van der Waals surface area contributed by atoms with E-state index >= 15 is 0 Å². The number of esters is 1. The topological polar surface area (TPSA) is 125 Å². The highest BCUT2D eigenvalue weighted by atomic mass is 16.5. The van der Waals surface area contributed by atoms with Crippen LogP contribution in [0.15, 0.2) is 59.1 Å². The summed E-state index contributed by atoms with van der Waals surface area (Å²) in [6, 6.07) is 15.1. The first-order valence-corrected chi connectivity index (χ1v) is 8.34. The summed E-state index contributed by atoms with van der Waals surface area (Å²) < 4.78 is 10.2. The van der Waals surface area contributed by atoms with E-state index in [2.05, 4.69) is 10.5 Å². The van der Waals surface area contributed by atoms with Crippen molar-refractivity contribution < 1.29 is 23.6 Å². The fraction of sp³-hybridized carbons (Fsp3) is 0.100. The van der Waals surface area contributed by atoms with Crippen molar-refractivity contribution in [1.82, 2.24) is 5.16 Å². The van der Waals surface area contributed by atoms with Crippen molar-refractivity contribution in [2.45, 2.75) is 6.92 Å². The van der Waals surface area contributed by atoms with E-state index in [0.717, 1.165) is 0 Å². The molecule has 8 heteroatoms. The average molecular weight is 379 g/mol.